The average Bonchev–Trinajstić information content (AvgIpc) is 3.25. The van der Waals surface area contributed by atoms with E-state index in [2.05, 4.69) is 38.8 Å². The van der Waals surface area contributed by atoms with Crippen LogP contribution in [0.3, 0.4) is 0 Å². The Morgan fingerprint density at radius 2 is 2.09 bits per heavy atom. The highest BCUT2D eigenvalue weighted by Gasteiger charge is 2.46. The molecule has 2 bridgehead atoms. The topological polar surface area (TPSA) is 37.7 Å². The lowest BCUT2D eigenvalue weighted by Crippen LogP contribution is -2.60. The van der Waals surface area contributed by atoms with E-state index in [1.165, 1.54) is 45.2 Å². The molecule has 0 radical (unpaired) electrons. The molecule has 0 saturated carbocycles. The molecule has 3 aliphatic heterocycles. The van der Waals surface area contributed by atoms with Crippen molar-refractivity contribution < 1.29 is 9.53 Å². The largest absolute Gasteiger partial charge is 0.496 e. The molecule has 3 fully saturated rings. The first-order valence-corrected chi connectivity index (χ1v) is 12.6. The molecule has 1 aliphatic carbocycles. The summed E-state index contributed by atoms with van der Waals surface area (Å²) in [7, 11) is 1.71. The number of piperidine rings is 3. The lowest BCUT2D eigenvalue weighted by Gasteiger charge is -2.54. The number of carbonyl (C=O) groups excluding carboxylic acids is 1. The van der Waals surface area contributed by atoms with E-state index in [1.807, 2.05) is 12.1 Å². The summed E-state index contributed by atoms with van der Waals surface area (Å²) in [6.45, 7) is 4.09. The number of aromatic nitrogens is 1. The van der Waals surface area contributed by atoms with Crippen molar-refractivity contribution in [1.29, 1.82) is 0 Å². The third-order valence-electron chi connectivity index (χ3n) is 8.54. The van der Waals surface area contributed by atoms with Gasteiger partial charge in [0.1, 0.15) is 5.75 Å². The maximum absolute atomic E-state index is 13.5. The number of benzene rings is 1. The van der Waals surface area contributed by atoms with Crippen LogP contribution in [0.5, 0.6) is 5.75 Å². The van der Waals surface area contributed by atoms with Gasteiger partial charge in [-0.3, -0.25) is 9.69 Å². The van der Waals surface area contributed by atoms with Crippen molar-refractivity contribution >= 4 is 16.8 Å². The van der Waals surface area contributed by atoms with E-state index in [0.717, 1.165) is 48.1 Å². The Hall–Kier alpha value is -2.27. The number of nitrogens with zero attached hydrogens (tertiary/aromatic N) is 3. The van der Waals surface area contributed by atoms with Crippen LogP contribution in [0.25, 0.3) is 10.9 Å². The van der Waals surface area contributed by atoms with Crippen molar-refractivity contribution in [1.82, 2.24) is 14.4 Å². The number of methoxy groups -OCH3 is 1. The normalized spacial score (nSPS) is 29.9. The van der Waals surface area contributed by atoms with Gasteiger partial charge < -0.3 is 14.2 Å². The number of ether oxygens (including phenoxy) is 1. The predicted octanol–water partition coefficient (Wildman–Crippen LogP) is 4.46. The van der Waals surface area contributed by atoms with Crippen molar-refractivity contribution in [2.45, 2.75) is 63.6 Å². The maximum atomic E-state index is 13.5. The van der Waals surface area contributed by atoms with Crippen LogP contribution in [0.4, 0.5) is 0 Å². The Morgan fingerprint density at radius 1 is 1.16 bits per heavy atom. The molecule has 4 aliphatic rings. The summed E-state index contributed by atoms with van der Waals surface area (Å²) in [6, 6.07) is 9.33. The van der Waals surface area contributed by atoms with E-state index in [1.54, 1.807) is 12.7 Å². The van der Waals surface area contributed by atoms with Crippen LogP contribution in [-0.4, -0.2) is 59.1 Å². The first kappa shape index (κ1) is 20.3. The first-order valence-electron chi connectivity index (χ1n) is 12.6. The molecule has 5 nitrogen and oxygen atoms in total. The molecule has 6 rings (SSSR count). The van der Waals surface area contributed by atoms with Crippen LogP contribution < -0.4 is 4.74 Å². The lowest BCUT2D eigenvalue weighted by molar-refractivity contribution is -0.136. The number of hydrogen-bond donors (Lipinski definition) is 0. The Bertz CT molecular complexity index is 1040. The SMILES string of the molecule is COc1cccc2c1ccn2CCC(=O)N1CCCC2=C[C@H]3C[C@H](CN4CCCC[C@H]34)[C@@H]21. The molecule has 0 spiro atoms. The van der Waals surface area contributed by atoms with Crippen LogP contribution in [-0.2, 0) is 11.3 Å². The Balaban J connectivity index is 1.20. The zero-order valence-electron chi connectivity index (χ0n) is 19.2. The molecule has 5 heteroatoms. The maximum Gasteiger partial charge on any atom is 0.224 e. The third-order valence-corrected chi connectivity index (χ3v) is 8.54. The molecule has 0 unspecified atom stereocenters. The van der Waals surface area contributed by atoms with Gasteiger partial charge in [0, 0.05) is 43.7 Å². The molecule has 3 saturated heterocycles. The summed E-state index contributed by atoms with van der Waals surface area (Å²) in [5.74, 6) is 2.56. The highest BCUT2D eigenvalue weighted by molar-refractivity contribution is 5.86. The molecule has 1 aromatic carbocycles. The lowest BCUT2D eigenvalue weighted by atomic mass is 9.68. The summed E-state index contributed by atoms with van der Waals surface area (Å²) < 4.78 is 7.70. The monoisotopic (exact) mass is 433 g/mol. The van der Waals surface area contributed by atoms with Gasteiger partial charge in [0.15, 0.2) is 0 Å². The number of fused-ring (bicyclic) bond motifs is 7. The zero-order valence-corrected chi connectivity index (χ0v) is 19.2. The van der Waals surface area contributed by atoms with Gasteiger partial charge in [-0.05, 0) is 68.7 Å². The third kappa shape index (κ3) is 3.37. The van der Waals surface area contributed by atoms with Crippen LogP contribution in [0.1, 0.15) is 44.9 Å². The Kier molecular flexibility index (Phi) is 5.25. The summed E-state index contributed by atoms with van der Waals surface area (Å²) in [5.41, 5.74) is 2.72. The second kappa shape index (κ2) is 8.26. The summed E-state index contributed by atoms with van der Waals surface area (Å²) in [5, 5.41) is 1.11. The molecular formula is C27H35N3O2. The van der Waals surface area contributed by atoms with Gasteiger partial charge in [-0.1, -0.05) is 24.1 Å². The standard InChI is InChI=1S/C27H35N3O2/c1-32-25-9-4-8-24-22(25)10-14-28(24)15-11-26(31)30-13-5-6-19-16-20-17-21(27(19)30)18-29-12-3-2-7-23(20)29/h4,8-10,14,16,20-21,23,27H,2-3,5-7,11-13,15,17-18H2,1H3/t20-,21+,23+,27+/m0/s1. The van der Waals surface area contributed by atoms with Crippen LogP contribution in [0, 0.1) is 11.8 Å². The van der Waals surface area contributed by atoms with Crippen LogP contribution >= 0.6 is 0 Å². The second-order valence-corrected chi connectivity index (χ2v) is 10.2. The van der Waals surface area contributed by atoms with Gasteiger partial charge >= 0.3 is 0 Å². The molecular weight excluding hydrogens is 398 g/mol. The predicted molar refractivity (Wildman–Crippen MR) is 127 cm³/mol. The van der Waals surface area contributed by atoms with E-state index in [0.29, 0.717) is 24.3 Å². The highest BCUT2D eigenvalue weighted by atomic mass is 16.5. The quantitative estimate of drug-likeness (QED) is 0.668. The minimum absolute atomic E-state index is 0.324. The van der Waals surface area contributed by atoms with Gasteiger partial charge in [-0.25, -0.2) is 0 Å². The zero-order chi connectivity index (χ0) is 21.7. The van der Waals surface area contributed by atoms with Gasteiger partial charge in [0.05, 0.1) is 18.7 Å². The minimum Gasteiger partial charge on any atom is -0.496 e. The smallest absolute Gasteiger partial charge is 0.224 e. The second-order valence-electron chi connectivity index (χ2n) is 10.2. The van der Waals surface area contributed by atoms with Gasteiger partial charge in [-0.2, -0.15) is 0 Å². The van der Waals surface area contributed by atoms with Crippen molar-refractivity contribution in [3.05, 3.63) is 42.1 Å². The number of likely N-dealkylation sites (tertiary alicyclic amines) is 1. The van der Waals surface area contributed by atoms with E-state index in [4.69, 9.17) is 4.74 Å². The van der Waals surface area contributed by atoms with E-state index in [-0.39, 0.29) is 0 Å². The van der Waals surface area contributed by atoms with Gasteiger partial charge in [0.2, 0.25) is 5.91 Å². The highest BCUT2D eigenvalue weighted by Crippen LogP contribution is 2.45. The van der Waals surface area contributed by atoms with Crippen molar-refractivity contribution in [2.75, 3.05) is 26.7 Å². The van der Waals surface area contributed by atoms with Crippen molar-refractivity contribution in [2.24, 2.45) is 11.8 Å². The summed E-state index contributed by atoms with van der Waals surface area (Å²) in [6.07, 6.45) is 12.9. The fraction of sp³-hybridized carbons (Fsp3) is 0.593. The number of carbonyl (C=O) groups is 1. The molecule has 170 valence electrons. The number of amides is 1. The van der Waals surface area contributed by atoms with Crippen molar-refractivity contribution in [3.8, 4) is 5.75 Å². The number of hydrogen-bond acceptors (Lipinski definition) is 3. The number of aryl methyl sites for hydroxylation is 1. The van der Waals surface area contributed by atoms with E-state index in [9.17, 15) is 4.79 Å². The van der Waals surface area contributed by atoms with Gasteiger partial charge in [0.25, 0.3) is 0 Å². The van der Waals surface area contributed by atoms with Crippen molar-refractivity contribution in [3.63, 3.8) is 0 Å². The molecule has 4 heterocycles. The fourth-order valence-corrected chi connectivity index (χ4v) is 7.18. The first-order chi connectivity index (χ1) is 15.7. The average molecular weight is 434 g/mol. The molecule has 0 N–H and O–H groups in total. The Labute approximate surface area is 191 Å². The molecule has 32 heavy (non-hydrogen) atoms. The van der Waals surface area contributed by atoms with Gasteiger partial charge in [-0.15, -0.1) is 0 Å². The Morgan fingerprint density at radius 3 is 3.00 bits per heavy atom. The number of rotatable bonds is 4. The summed E-state index contributed by atoms with van der Waals surface area (Å²) in [4.78, 5) is 18.5. The van der Waals surface area contributed by atoms with Crippen LogP contribution in [0.2, 0.25) is 0 Å². The fourth-order valence-electron chi connectivity index (χ4n) is 7.18. The molecule has 1 amide bonds. The molecule has 1 aromatic heterocycles. The molecule has 4 atom stereocenters. The summed E-state index contributed by atoms with van der Waals surface area (Å²) >= 11 is 0. The van der Waals surface area contributed by atoms with E-state index >= 15 is 0 Å². The minimum atomic E-state index is 0.324. The van der Waals surface area contributed by atoms with E-state index < -0.39 is 0 Å². The van der Waals surface area contributed by atoms with Crippen LogP contribution in [0.15, 0.2) is 42.1 Å². The molecule has 2 aromatic rings.